The van der Waals surface area contributed by atoms with E-state index in [0.29, 0.717) is 18.7 Å². The third-order valence-corrected chi connectivity index (χ3v) is 6.34. The Kier molecular flexibility index (Phi) is 6.18. The van der Waals surface area contributed by atoms with Gasteiger partial charge in [0.15, 0.2) is 0 Å². The van der Waals surface area contributed by atoms with Crippen LogP contribution in [-0.4, -0.2) is 74.3 Å². The van der Waals surface area contributed by atoms with Gasteiger partial charge in [-0.05, 0) is 51.2 Å². The lowest BCUT2D eigenvalue weighted by atomic mass is 9.99. The third kappa shape index (κ3) is 4.32. The molecule has 1 amide bonds. The van der Waals surface area contributed by atoms with Crippen LogP contribution in [0.3, 0.4) is 0 Å². The van der Waals surface area contributed by atoms with E-state index in [-0.39, 0.29) is 6.09 Å². The lowest BCUT2D eigenvalue weighted by Gasteiger charge is -2.37. The molecule has 2 aliphatic heterocycles. The van der Waals surface area contributed by atoms with Gasteiger partial charge in [-0.1, -0.05) is 0 Å². The zero-order valence-electron chi connectivity index (χ0n) is 17.5. The van der Waals surface area contributed by atoms with E-state index in [0.717, 1.165) is 69.7 Å². The second-order valence-electron chi connectivity index (χ2n) is 8.04. The third-order valence-electron chi connectivity index (χ3n) is 6.34. The van der Waals surface area contributed by atoms with Gasteiger partial charge in [0, 0.05) is 51.7 Å². The number of likely N-dealkylation sites (tertiary alicyclic amines) is 2. The normalized spacial score (nSPS) is 21.9. The monoisotopic (exact) mass is 400 g/mol. The summed E-state index contributed by atoms with van der Waals surface area (Å²) in [7, 11) is 1.97. The first-order valence-electron chi connectivity index (χ1n) is 10.8. The summed E-state index contributed by atoms with van der Waals surface area (Å²) in [6.07, 6.45) is 9.01. The molecule has 0 spiro atoms. The molecule has 0 bridgehead atoms. The maximum Gasteiger partial charge on any atom is 0.409 e. The first kappa shape index (κ1) is 19.9. The first-order chi connectivity index (χ1) is 14.2. The standard InChI is InChI=1S/C21H32N6O2/c1-3-29-21(28)26-13-4-5-17(8-16-26)25-14-9-18(10-15-25)27-20(7-12-23-27)19-6-11-22-24(19)2/h6-7,11-12,17-18H,3-5,8-10,13-16H2,1-2H3. The van der Waals surface area contributed by atoms with Crippen molar-refractivity contribution in [1.29, 1.82) is 0 Å². The molecule has 0 radical (unpaired) electrons. The molecule has 0 saturated carbocycles. The largest absolute Gasteiger partial charge is 0.450 e. The quantitative estimate of drug-likeness (QED) is 0.789. The highest BCUT2D eigenvalue weighted by atomic mass is 16.6. The minimum absolute atomic E-state index is 0.159. The highest BCUT2D eigenvalue weighted by Crippen LogP contribution is 2.30. The topological polar surface area (TPSA) is 68.4 Å². The molecule has 2 aliphatic rings. The van der Waals surface area contributed by atoms with Crippen molar-refractivity contribution >= 4 is 6.09 Å². The van der Waals surface area contributed by atoms with E-state index in [1.807, 2.05) is 42.0 Å². The zero-order chi connectivity index (χ0) is 20.2. The fraction of sp³-hybridized carbons (Fsp3) is 0.667. The minimum Gasteiger partial charge on any atom is -0.450 e. The SMILES string of the molecule is CCOC(=O)N1CCCC(N2CCC(n3nccc3-c3ccnn3C)CC2)CC1. The molecule has 158 valence electrons. The van der Waals surface area contributed by atoms with Crippen LogP contribution in [0.2, 0.25) is 0 Å². The molecule has 0 aliphatic carbocycles. The van der Waals surface area contributed by atoms with Gasteiger partial charge in [-0.15, -0.1) is 0 Å². The van der Waals surface area contributed by atoms with Crippen molar-refractivity contribution in [1.82, 2.24) is 29.4 Å². The van der Waals surface area contributed by atoms with Gasteiger partial charge in [-0.3, -0.25) is 9.36 Å². The Labute approximate surface area is 172 Å². The van der Waals surface area contributed by atoms with Crippen molar-refractivity contribution in [3.63, 3.8) is 0 Å². The second kappa shape index (κ2) is 8.98. The number of amides is 1. The summed E-state index contributed by atoms with van der Waals surface area (Å²) < 4.78 is 9.27. The molecule has 1 atom stereocenters. The van der Waals surface area contributed by atoms with Crippen molar-refractivity contribution in [3.8, 4) is 11.4 Å². The Bertz CT molecular complexity index is 808. The molecule has 8 nitrogen and oxygen atoms in total. The van der Waals surface area contributed by atoms with Crippen molar-refractivity contribution < 1.29 is 9.53 Å². The number of hydrogen-bond acceptors (Lipinski definition) is 5. The molecule has 4 rings (SSSR count). The smallest absolute Gasteiger partial charge is 0.409 e. The Morgan fingerprint density at radius 2 is 1.72 bits per heavy atom. The molecular weight excluding hydrogens is 368 g/mol. The summed E-state index contributed by atoms with van der Waals surface area (Å²) in [5, 5.41) is 8.94. The summed E-state index contributed by atoms with van der Waals surface area (Å²) in [5.41, 5.74) is 2.25. The van der Waals surface area contributed by atoms with Crippen LogP contribution >= 0.6 is 0 Å². The highest BCUT2D eigenvalue weighted by Gasteiger charge is 2.30. The molecule has 2 aromatic heterocycles. The summed E-state index contributed by atoms with van der Waals surface area (Å²) in [6.45, 7) is 6.09. The number of aryl methyl sites for hydroxylation is 1. The summed E-state index contributed by atoms with van der Waals surface area (Å²) >= 11 is 0. The number of carbonyl (C=O) groups is 1. The van der Waals surface area contributed by atoms with Crippen molar-refractivity contribution in [2.45, 2.75) is 51.1 Å². The molecule has 2 fully saturated rings. The van der Waals surface area contributed by atoms with Crippen LogP contribution in [0.4, 0.5) is 4.79 Å². The lowest BCUT2D eigenvalue weighted by molar-refractivity contribution is 0.103. The van der Waals surface area contributed by atoms with E-state index in [1.165, 1.54) is 0 Å². The van der Waals surface area contributed by atoms with Gasteiger partial charge in [0.25, 0.3) is 0 Å². The molecule has 4 heterocycles. The van der Waals surface area contributed by atoms with Crippen LogP contribution < -0.4 is 0 Å². The Hall–Kier alpha value is -2.35. The van der Waals surface area contributed by atoms with E-state index in [9.17, 15) is 4.79 Å². The van der Waals surface area contributed by atoms with E-state index in [2.05, 4.69) is 25.8 Å². The maximum absolute atomic E-state index is 12.0. The number of ether oxygens (including phenoxy) is 1. The van der Waals surface area contributed by atoms with E-state index in [4.69, 9.17) is 4.74 Å². The van der Waals surface area contributed by atoms with Crippen LogP contribution in [0.1, 0.15) is 45.1 Å². The van der Waals surface area contributed by atoms with E-state index < -0.39 is 0 Å². The Morgan fingerprint density at radius 3 is 2.45 bits per heavy atom. The Balaban J connectivity index is 1.34. The number of piperidine rings is 1. The Morgan fingerprint density at radius 1 is 1.00 bits per heavy atom. The van der Waals surface area contributed by atoms with Gasteiger partial charge >= 0.3 is 6.09 Å². The van der Waals surface area contributed by atoms with Gasteiger partial charge in [-0.2, -0.15) is 10.2 Å². The van der Waals surface area contributed by atoms with Gasteiger partial charge in [0.2, 0.25) is 0 Å². The number of carbonyl (C=O) groups excluding carboxylic acids is 1. The predicted molar refractivity (Wildman–Crippen MR) is 111 cm³/mol. The average molecular weight is 401 g/mol. The molecule has 0 N–H and O–H groups in total. The fourth-order valence-corrected chi connectivity index (χ4v) is 4.77. The van der Waals surface area contributed by atoms with Gasteiger partial charge in [0.1, 0.15) is 0 Å². The lowest BCUT2D eigenvalue weighted by Crippen LogP contribution is -2.42. The molecule has 29 heavy (non-hydrogen) atoms. The second-order valence-corrected chi connectivity index (χ2v) is 8.04. The van der Waals surface area contributed by atoms with Crippen molar-refractivity contribution in [2.75, 3.05) is 32.8 Å². The number of aromatic nitrogens is 4. The molecule has 1 unspecified atom stereocenters. The van der Waals surface area contributed by atoms with Crippen LogP contribution in [-0.2, 0) is 11.8 Å². The first-order valence-corrected chi connectivity index (χ1v) is 10.8. The number of hydrogen-bond donors (Lipinski definition) is 0. The van der Waals surface area contributed by atoms with Gasteiger partial charge in [0.05, 0.1) is 24.0 Å². The zero-order valence-corrected chi connectivity index (χ0v) is 17.5. The van der Waals surface area contributed by atoms with Crippen LogP contribution in [0.15, 0.2) is 24.5 Å². The maximum atomic E-state index is 12.0. The minimum atomic E-state index is -0.159. The van der Waals surface area contributed by atoms with Crippen molar-refractivity contribution in [2.24, 2.45) is 7.05 Å². The molecule has 2 aromatic rings. The van der Waals surface area contributed by atoms with Crippen LogP contribution in [0.5, 0.6) is 0 Å². The fourth-order valence-electron chi connectivity index (χ4n) is 4.77. The van der Waals surface area contributed by atoms with Gasteiger partial charge < -0.3 is 14.5 Å². The predicted octanol–water partition coefficient (Wildman–Crippen LogP) is 2.93. The summed E-state index contributed by atoms with van der Waals surface area (Å²) in [4.78, 5) is 16.5. The summed E-state index contributed by atoms with van der Waals surface area (Å²) in [6, 6.07) is 5.11. The number of rotatable bonds is 4. The molecule has 8 heteroatoms. The van der Waals surface area contributed by atoms with Gasteiger partial charge in [-0.25, -0.2) is 4.79 Å². The average Bonchev–Trinajstić information content (AvgIpc) is 3.30. The van der Waals surface area contributed by atoms with Crippen molar-refractivity contribution in [3.05, 3.63) is 24.5 Å². The van der Waals surface area contributed by atoms with Crippen LogP contribution in [0, 0.1) is 0 Å². The highest BCUT2D eigenvalue weighted by molar-refractivity contribution is 5.67. The number of nitrogens with zero attached hydrogens (tertiary/aromatic N) is 6. The van der Waals surface area contributed by atoms with E-state index >= 15 is 0 Å². The summed E-state index contributed by atoms with van der Waals surface area (Å²) in [5.74, 6) is 0. The molecule has 2 saturated heterocycles. The van der Waals surface area contributed by atoms with E-state index in [1.54, 1.807) is 0 Å². The molecular formula is C21H32N6O2. The van der Waals surface area contributed by atoms with Crippen LogP contribution in [0.25, 0.3) is 11.4 Å². The molecule has 0 aromatic carbocycles.